The molecule has 0 spiro atoms. The van der Waals surface area contributed by atoms with Crippen LogP contribution < -0.4 is 0 Å². The number of piperidine rings is 1. The number of halogens is 1. The minimum Gasteiger partial charge on any atom is -0.447 e. The summed E-state index contributed by atoms with van der Waals surface area (Å²) in [5.41, 5.74) is 0.281. The van der Waals surface area contributed by atoms with Crippen molar-refractivity contribution in [2.24, 2.45) is 0 Å². The van der Waals surface area contributed by atoms with Crippen LogP contribution in [0.4, 0.5) is 14.0 Å². The molecule has 0 saturated carbocycles. The van der Waals surface area contributed by atoms with Crippen molar-refractivity contribution in [3.8, 4) is 0 Å². The zero-order valence-corrected chi connectivity index (χ0v) is 18.3. The largest absolute Gasteiger partial charge is 0.447 e. The SMILES string of the molecule is CC(C)OC(=O)N1CCC(N2CCN(Cc3ccc(S(C)(=O)=O)cc3F)C2=O)CC1. The zero-order chi connectivity index (χ0) is 22.1. The van der Waals surface area contributed by atoms with E-state index in [9.17, 15) is 22.4 Å². The van der Waals surface area contributed by atoms with E-state index in [0.717, 1.165) is 12.3 Å². The number of amides is 3. The van der Waals surface area contributed by atoms with Gasteiger partial charge in [0, 0.05) is 44.0 Å². The molecule has 1 aromatic carbocycles. The number of carbonyl (C=O) groups excluding carboxylic acids is 2. The Balaban J connectivity index is 1.57. The first-order valence-corrected chi connectivity index (χ1v) is 11.9. The van der Waals surface area contributed by atoms with E-state index in [0.29, 0.717) is 39.0 Å². The Morgan fingerprint density at radius 3 is 2.43 bits per heavy atom. The standard InChI is InChI=1S/C20H28FN3O5S/c1-14(2)29-20(26)22-8-6-16(7-9-22)24-11-10-23(19(24)25)13-15-4-5-17(12-18(15)21)30(3,27)28/h4-5,12,14,16H,6-11,13H2,1-3H3. The highest BCUT2D eigenvalue weighted by Crippen LogP contribution is 2.24. The molecule has 3 amide bonds. The van der Waals surface area contributed by atoms with Crippen LogP contribution in [-0.2, 0) is 21.1 Å². The fraction of sp³-hybridized carbons (Fsp3) is 0.600. The minimum atomic E-state index is -3.49. The molecule has 2 fully saturated rings. The van der Waals surface area contributed by atoms with E-state index < -0.39 is 15.7 Å². The number of sulfone groups is 1. The molecule has 0 radical (unpaired) electrons. The van der Waals surface area contributed by atoms with Crippen molar-refractivity contribution in [1.29, 1.82) is 0 Å². The van der Waals surface area contributed by atoms with Gasteiger partial charge in [-0.3, -0.25) is 0 Å². The van der Waals surface area contributed by atoms with Gasteiger partial charge in [0.1, 0.15) is 5.82 Å². The summed E-state index contributed by atoms with van der Waals surface area (Å²) < 4.78 is 42.7. The van der Waals surface area contributed by atoms with E-state index in [-0.39, 0.29) is 41.3 Å². The Hall–Kier alpha value is -2.36. The highest BCUT2D eigenvalue weighted by molar-refractivity contribution is 7.90. The molecule has 2 aliphatic rings. The fourth-order valence-corrected chi connectivity index (χ4v) is 4.45. The topological polar surface area (TPSA) is 87.2 Å². The fourth-order valence-electron chi connectivity index (χ4n) is 3.82. The third-order valence-corrected chi connectivity index (χ3v) is 6.55. The second kappa shape index (κ2) is 8.79. The van der Waals surface area contributed by atoms with E-state index >= 15 is 0 Å². The minimum absolute atomic E-state index is 0.0306. The molecule has 2 heterocycles. The Morgan fingerprint density at radius 1 is 1.20 bits per heavy atom. The monoisotopic (exact) mass is 441 g/mol. The summed E-state index contributed by atoms with van der Waals surface area (Å²) in [5, 5.41) is 0. The molecule has 0 unspecified atom stereocenters. The van der Waals surface area contributed by atoms with E-state index in [1.165, 1.54) is 12.1 Å². The summed E-state index contributed by atoms with van der Waals surface area (Å²) in [6.07, 6.45) is 1.87. The summed E-state index contributed by atoms with van der Waals surface area (Å²) in [6.45, 7) is 5.78. The second-order valence-corrected chi connectivity index (χ2v) is 10.1. The quantitative estimate of drug-likeness (QED) is 0.701. The van der Waals surface area contributed by atoms with Crippen LogP contribution in [0.1, 0.15) is 32.3 Å². The van der Waals surface area contributed by atoms with E-state index in [1.807, 2.05) is 0 Å². The molecule has 166 valence electrons. The molecule has 2 aliphatic heterocycles. The molecule has 0 N–H and O–H groups in total. The van der Waals surface area contributed by atoms with Gasteiger partial charge in [0.25, 0.3) is 0 Å². The first kappa shape index (κ1) is 22.3. The molecule has 0 atom stereocenters. The van der Waals surface area contributed by atoms with Crippen LogP contribution in [0.25, 0.3) is 0 Å². The Bertz CT molecular complexity index is 913. The van der Waals surface area contributed by atoms with Gasteiger partial charge in [-0.15, -0.1) is 0 Å². The van der Waals surface area contributed by atoms with Crippen molar-refractivity contribution in [3.05, 3.63) is 29.6 Å². The van der Waals surface area contributed by atoms with Crippen molar-refractivity contribution in [3.63, 3.8) is 0 Å². The van der Waals surface area contributed by atoms with Gasteiger partial charge in [-0.2, -0.15) is 0 Å². The van der Waals surface area contributed by atoms with Crippen LogP contribution in [0.3, 0.4) is 0 Å². The highest BCUT2D eigenvalue weighted by atomic mass is 32.2. The van der Waals surface area contributed by atoms with Crippen molar-refractivity contribution >= 4 is 22.0 Å². The number of benzene rings is 1. The van der Waals surface area contributed by atoms with Crippen molar-refractivity contribution in [2.45, 2.75) is 50.3 Å². The molecule has 10 heteroatoms. The maximum Gasteiger partial charge on any atom is 0.410 e. The van der Waals surface area contributed by atoms with Gasteiger partial charge in [-0.05, 0) is 38.8 Å². The van der Waals surface area contributed by atoms with Crippen LogP contribution in [0, 0.1) is 5.82 Å². The normalized spacial score (nSPS) is 18.4. The Labute approximate surface area is 176 Å². The number of hydrogen-bond acceptors (Lipinski definition) is 5. The summed E-state index contributed by atoms with van der Waals surface area (Å²) in [6, 6.07) is 3.64. The molecule has 0 aromatic heterocycles. The van der Waals surface area contributed by atoms with E-state index in [4.69, 9.17) is 4.74 Å². The lowest BCUT2D eigenvalue weighted by Crippen LogP contribution is -2.48. The molecule has 3 rings (SSSR count). The predicted molar refractivity (Wildman–Crippen MR) is 108 cm³/mol. The summed E-state index contributed by atoms with van der Waals surface area (Å²) in [7, 11) is -3.49. The van der Waals surface area contributed by atoms with Gasteiger partial charge in [-0.25, -0.2) is 22.4 Å². The molecule has 1 aromatic rings. The van der Waals surface area contributed by atoms with E-state index in [1.54, 1.807) is 28.5 Å². The maximum atomic E-state index is 14.4. The summed E-state index contributed by atoms with van der Waals surface area (Å²) in [5.74, 6) is -0.638. The van der Waals surface area contributed by atoms with Crippen LogP contribution in [0.5, 0.6) is 0 Å². The molecule has 30 heavy (non-hydrogen) atoms. The van der Waals surface area contributed by atoms with Crippen LogP contribution >= 0.6 is 0 Å². The summed E-state index contributed by atoms with van der Waals surface area (Å²) >= 11 is 0. The van der Waals surface area contributed by atoms with Crippen molar-refractivity contribution in [2.75, 3.05) is 32.4 Å². The number of hydrogen-bond donors (Lipinski definition) is 0. The maximum absolute atomic E-state index is 14.4. The Kier molecular flexibility index (Phi) is 6.54. The number of rotatable bonds is 5. The van der Waals surface area contributed by atoms with Crippen molar-refractivity contribution in [1.82, 2.24) is 14.7 Å². The first-order valence-electron chi connectivity index (χ1n) is 10.1. The van der Waals surface area contributed by atoms with Gasteiger partial charge in [0.15, 0.2) is 9.84 Å². The van der Waals surface area contributed by atoms with E-state index in [2.05, 4.69) is 0 Å². The van der Waals surface area contributed by atoms with Crippen molar-refractivity contribution < 1.29 is 27.1 Å². The molecule has 2 saturated heterocycles. The lowest BCUT2D eigenvalue weighted by molar-refractivity contribution is 0.0612. The zero-order valence-electron chi connectivity index (χ0n) is 17.5. The number of ether oxygens (including phenoxy) is 1. The average Bonchev–Trinajstić information content (AvgIpc) is 3.02. The van der Waals surface area contributed by atoms with Gasteiger partial charge >= 0.3 is 12.1 Å². The third-order valence-electron chi connectivity index (χ3n) is 5.44. The third kappa shape index (κ3) is 5.03. The van der Waals surface area contributed by atoms with Gasteiger partial charge in [0.05, 0.1) is 17.5 Å². The lowest BCUT2D eigenvalue weighted by atomic mass is 10.0. The van der Waals surface area contributed by atoms with Gasteiger partial charge in [-0.1, -0.05) is 6.07 Å². The molecule has 8 nitrogen and oxygen atoms in total. The molecular formula is C20H28FN3O5S. The number of urea groups is 1. The predicted octanol–water partition coefficient (Wildman–Crippen LogP) is 2.48. The van der Waals surface area contributed by atoms with Crippen LogP contribution in [-0.4, -0.2) is 79.8 Å². The summed E-state index contributed by atoms with van der Waals surface area (Å²) in [4.78, 5) is 29.8. The lowest BCUT2D eigenvalue weighted by Gasteiger charge is -2.36. The van der Waals surface area contributed by atoms with Crippen LogP contribution in [0.2, 0.25) is 0 Å². The second-order valence-electron chi connectivity index (χ2n) is 8.07. The van der Waals surface area contributed by atoms with Crippen LogP contribution in [0.15, 0.2) is 23.1 Å². The molecule has 0 bridgehead atoms. The van der Waals surface area contributed by atoms with Gasteiger partial charge in [0.2, 0.25) is 0 Å². The number of likely N-dealkylation sites (tertiary alicyclic amines) is 1. The molecule has 0 aliphatic carbocycles. The molecular weight excluding hydrogens is 413 g/mol. The Morgan fingerprint density at radius 2 is 1.87 bits per heavy atom. The number of nitrogens with zero attached hydrogens (tertiary/aromatic N) is 3. The highest BCUT2D eigenvalue weighted by Gasteiger charge is 2.36. The first-order chi connectivity index (χ1) is 14.1. The average molecular weight is 442 g/mol. The smallest absolute Gasteiger partial charge is 0.410 e. The van der Waals surface area contributed by atoms with Gasteiger partial charge < -0.3 is 19.4 Å². The number of carbonyl (C=O) groups is 2.